The van der Waals surface area contributed by atoms with Gasteiger partial charge in [0.25, 0.3) is 11.8 Å². The van der Waals surface area contributed by atoms with Crippen LogP contribution in [0.15, 0.2) is 58.7 Å². The maximum absolute atomic E-state index is 13.5. The average molecular weight is 418 g/mol. The zero-order valence-electron chi connectivity index (χ0n) is 15.8. The molecule has 0 heterocycles. The lowest BCUT2D eigenvalue weighted by molar-refractivity contribution is -0.120. The number of nitrogens with zero attached hydrogens (tertiary/aromatic N) is 2. The Morgan fingerprint density at radius 2 is 1.21 bits per heavy atom. The highest BCUT2D eigenvalue weighted by Gasteiger charge is 2.21. The van der Waals surface area contributed by atoms with Gasteiger partial charge in [0, 0.05) is 11.1 Å². The van der Waals surface area contributed by atoms with Crippen LogP contribution in [0.1, 0.15) is 25.0 Å². The number of carbonyl (C=O) groups is 2. The molecule has 0 unspecified atom stereocenters. The summed E-state index contributed by atoms with van der Waals surface area (Å²) < 4.78 is 27.0. The van der Waals surface area contributed by atoms with Crippen molar-refractivity contribution in [3.8, 4) is 0 Å². The molecule has 2 amide bonds. The number of nitrogens with one attached hydrogen (secondary N) is 2. The molecule has 0 aliphatic rings. The molecule has 2 aromatic carbocycles. The van der Waals surface area contributed by atoms with E-state index in [2.05, 4.69) is 21.1 Å². The molecular formula is C20H20F2N4O2S. The van der Waals surface area contributed by atoms with Gasteiger partial charge in [0.15, 0.2) is 0 Å². The Hall–Kier alpha value is -3.07. The Morgan fingerprint density at radius 1 is 0.828 bits per heavy atom. The normalized spacial score (nSPS) is 13.4. The second-order valence-corrected chi connectivity index (χ2v) is 7.62. The van der Waals surface area contributed by atoms with E-state index in [0.29, 0.717) is 0 Å². The second-order valence-electron chi connectivity index (χ2n) is 5.93. The minimum Gasteiger partial charge on any atom is -0.272 e. The molecule has 0 aromatic heterocycles. The molecule has 0 aliphatic heterocycles. The molecule has 0 radical (unpaired) electrons. The molecule has 0 aliphatic carbocycles. The van der Waals surface area contributed by atoms with Crippen LogP contribution >= 0.6 is 11.8 Å². The zero-order chi connectivity index (χ0) is 21.2. The Morgan fingerprint density at radius 3 is 1.59 bits per heavy atom. The standard InChI is InChI=1S/C20H20F2N4O2S/c1-13(19(27)25-23-11-15-7-3-5-9-17(15)21)29-14(2)20(28)26-24-12-16-8-4-6-10-18(16)22/h3-14H,1-2H3,(H,25,27)(H,26,28)/b23-11+,24-12+/t13-,14-/m0/s1. The van der Waals surface area contributed by atoms with E-state index < -0.39 is 33.9 Å². The van der Waals surface area contributed by atoms with E-state index >= 15 is 0 Å². The number of carbonyl (C=O) groups excluding carboxylic acids is 2. The van der Waals surface area contributed by atoms with Crippen molar-refractivity contribution in [2.45, 2.75) is 24.3 Å². The number of hydrogen-bond acceptors (Lipinski definition) is 5. The lowest BCUT2D eigenvalue weighted by Crippen LogP contribution is -2.33. The van der Waals surface area contributed by atoms with Gasteiger partial charge < -0.3 is 0 Å². The first-order valence-electron chi connectivity index (χ1n) is 8.69. The van der Waals surface area contributed by atoms with Gasteiger partial charge in [0.2, 0.25) is 0 Å². The van der Waals surface area contributed by atoms with Crippen LogP contribution in [-0.2, 0) is 9.59 Å². The molecule has 6 nitrogen and oxygen atoms in total. The zero-order valence-corrected chi connectivity index (χ0v) is 16.6. The fourth-order valence-electron chi connectivity index (χ4n) is 2.10. The van der Waals surface area contributed by atoms with Crippen LogP contribution in [0, 0.1) is 11.6 Å². The predicted octanol–water partition coefficient (Wildman–Crippen LogP) is 3.08. The van der Waals surface area contributed by atoms with Crippen LogP contribution in [0.25, 0.3) is 0 Å². The molecule has 0 fully saturated rings. The summed E-state index contributed by atoms with van der Waals surface area (Å²) in [6.07, 6.45) is 2.41. The fourth-order valence-corrected chi connectivity index (χ4v) is 3.07. The summed E-state index contributed by atoms with van der Waals surface area (Å²) in [6, 6.07) is 12.0. The first-order chi connectivity index (χ1) is 13.9. The Bertz CT molecular complexity index is 847. The van der Waals surface area contributed by atoms with E-state index in [0.717, 1.165) is 11.8 Å². The molecule has 0 bridgehead atoms. The van der Waals surface area contributed by atoms with E-state index in [1.807, 2.05) is 0 Å². The van der Waals surface area contributed by atoms with Crippen molar-refractivity contribution in [2.24, 2.45) is 10.2 Å². The molecule has 0 saturated heterocycles. The molecule has 2 atom stereocenters. The van der Waals surface area contributed by atoms with Gasteiger partial charge in [-0.15, -0.1) is 11.8 Å². The first kappa shape index (κ1) is 22.2. The van der Waals surface area contributed by atoms with Gasteiger partial charge in [0.1, 0.15) is 11.6 Å². The van der Waals surface area contributed by atoms with Gasteiger partial charge in [0.05, 0.1) is 22.9 Å². The van der Waals surface area contributed by atoms with Crippen LogP contribution in [0.5, 0.6) is 0 Å². The molecule has 0 spiro atoms. The fraction of sp³-hybridized carbons (Fsp3) is 0.200. The second kappa shape index (κ2) is 11.1. The number of hydrazone groups is 2. The minimum atomic E-state index is -0.593. The predicted molar refractivity (Wildman–Crippen MR) is 111 cm³/mol. The van der Waals surface area contributed by atoms with Gasteiger partial charge in [-0.1, -0.05) is 36.4 Å². The lowest BCUT2D eigenvalue weighted by atomic mass is 10.2. The number of halogens is 2. The number of rotatable bonds is 8. The van der Waals surface area contributed by atoms with Crippen molar-refractivity contribution in [3.05, 3.63) is 71.3 Å². The summed E-state index contributed by atoms with van der Waals surface area (Å²) in [4.78, 5) is 24.1. The SMILES string of the molecule is C[C@H](S[C@@H](C)C(=O)N/N=C/c1ccccc1F)C(=O)N/N=C/c1ccccc1F. The number of thioether (sulfide) groups is 1. The molecule has 2 N–H and O–H groups in total. The average Bonchev–Trinajstić information content (AvgIpc) is 2.70. The van der Waals surface area contributed by atoms with E-state index in [-0.39, 0.29) is 11.1 Å². The molecule has 2 aromatic rings. The third-order valence-electron chi connectivity index (χ3n) is 3.71. The summed E-state index contributed by atoms with van der Waals surface area (Å²) in [5.41, 5.74) is 5.11. The topological polar surface area (TPSA) is 82.9 Å². The first-order valence-corrected chi connectivity index (χ1v) is 9.63. The smallest absolute Gasteiger partial charge is 0.252 e. The summed E-state index contributed by atoms with van der Waals surface area (Å²) in [5.74, 6) is -1.77. The van der Waals surface area contributed by atoms with Crippen molar-refractivity contribution in [3.63, 3.8) is 0 Å². The maximum atomic E-state index is 13.5. The quantitative estimate of drug-likeness (QED) is 0.511. The van der Waals surface area contributed by atoms with Gasteiger partial charge >= 0.3 is 0 Å². The summed E-state index contributed by atoms with van der Waals surface area (Å²) in [7, 11) is 0. The third kappa shape index (κ3) is 7.11. The highest BCUT2D eigenvalue weighted by atomic mass is 32.2. The summed E-state index contributed by atoms with van der Waals surface area (Å²) in [5, 5.41) is 6.27. The van der Waals surface area contributed by atoms with E-state index in [9.17, 15) is 18.4 Å². The van der Waals surface area contributed by atoms with Crippen molar-refractivity contribution in [1.82, 2.24) is 10.9 Å². The van der Waals surface area contributed by atoms with Gasteiger partial charge in [-0.05, 0) is 26.0 Å². The van der Waals surface area contributed by atoms with E-state index in [1.54, 1.807) is 38.1 Å². The summed E-state index contributed by atoms with van der Waals surface area (Å²) >= 11 is 1.09. The minimum absolute atomic E-state index is 0.244. The Kier molecular flexibility index (Phi) is 8.47. The van der Waals surface area contributed by atoms with Crippen LogP contribution in [0.4, 0.5) is 8.78 Å². The Balaban J connectivity index is 1.80. The van der Waals surface area contributed by atoms with Crippen molar-refractivity contribution in [1.29, 1.82) is 0 Å². The molecule has 9 heteroatoms. The van der Waals surface area contributed by atoms with Gasteiger partial charge in [-0.25, -0.2) is 19.6 Å². The highest BCUT2D eigenvalue weighted by Crippen LogP contribution is 2.17. The molecule has 29 heavy (non-hydrogen) atoms. The molecular weight excluding hydrogens is 398 g/mol. The maximum Gasteiger partial charge on any atom is 0.252 e. The molecule has 0 saturated carbocycles. The lowest BCUT2D eigenvalue weighted by Gasteiger charge is -2.14. The van der Waals surface area contributed by atoms with Crippen molar-refractivity contribution >= 4 is 36.0 Å². The monoisotopic (exact) mass is 418 g/mol. The number of hydrogen-bond donors (Lipinski definition) is 2. The largest absolute Gasteiger partial charge is 0.272 e. The Labute approximate surface area is 171 Å². The molecule has 152 valence electrons. The number of benzene rings is 2. The molecule has 2 rings (SSSR count). The van der Waals surface area contributed by atoms with Crippen molar-refractivity contribution < 1.29 is 18.4 Å². The van der Waals surface area contributed by atoms with Crippen LogP contribution in [0.2, 0.25) is 0 Å². The summed E-state index contributed by atoms with van der Waals surface area (Å²) in [6.45, 7) is 3.23. The highest BCUT2D eigenvalue weighted by molar-refractivity contribution is 8.01. The van der Waals surface area contributed by atoms with Gasteiger partial charge in [-0.3, -0.25) is 9.59 Å². The van der Waals surface area contributed by atoms with Crippen molar-refractivity contribution in [2.75, 3.05) is 0 Å². The number of amides is 2. The van der Waals surface area contributed by atoms with Crippen LogP contribution < -0.4 is 10.9 Å². The van der Waals surface area contributed by atoms with Crippen LogP contribution in [0.3, 0.4) is 0 Å². The van der Waals surface area contributed by atoms with Crippen LogP contribution in [-0.4, -0.2) is 34.7 Å². The van der Waals surface area contributed by atoms with E-state index in [1.165, 1.54) is 36.7 Å². The van der Waals surface area contributed by atoms with E-state index in [4.69, 9.17) is 0 Å². The van der Waals surface area contributed by atoms with Gasteiger partial charge in [-0.2, -0.15) is 10.2 Å². The third-order valence-corrected chi connectivity index (χ3v) is 4.96.